The highest BCUT2D eigenvalue weighted by atomic mass is 32.2. The zero-order chi connectivity index (χ0) is 13.3. The van der Waals surface area contributed by atoms with E-state index in [9.17, 15) is 17.2 Å². The summed E-state index contributed by atoms with van der Waals surface area (Å²) in [6, 6.07) is 2.26. The van der Waals surface area contributed by atoms with E-state index in [2.05, 4.69) is 0 Å². The van der Waals surface area contributed by atoms with E-state index in [1.807, 2.05) is 6.92 Å². The van der Waals surface area contributed by atoms with Gasteiger partial charge in [0.1, 0.15) is 11.6 Å². The van der Waals surface area contributed by atoms with E-state index in [0.717, 1.165) is 31.4 Å². The van der Waals surface area contributed by atoms with Gasteiger partial charge in [-0.1, -0.05) is 6.42 Å². The third-order valence-electron chi connectivity index (χ3n) is 3.18. The third-order valence-corrected chi connectivity index (χ3v) is 5.18. The van der Waals surface area contributed by atoms with Crippen molar-refractivity contribution >= 4 is 10.0 Å². The molecule has 1 heterocycles. The fourth-order valence-corrected chi connectivity index (χ4v) is 3.98. The summed E-state index contributed by atoms with van der Waals surface area (Å²) in [6.45, 7) is 2.22. The van der Waals surface area contributed by atoms with Gasteiger partial charge >= 0.3 is 0 Å². The minimum absolute atomic E-state index is 0.130. The molecule has 1 aliphatic heterocycles. The first kappa shape index (κ1) is 13.4. The molecule has 0 radical (unpaired) electrons. The first-order chi connectivity index (χ1) is 8.41. The number of nitrogens with zero attached hydrogens (tertiary/aromatic N) is 1. The Hall–Kier alpha value is -1.01. The van der Waals surface area contributed by atoms with Crippen LogP contribution >= 0.6 is 0 Å². The number of hydrogen-bond acceptors (Lipinski definition) is 2. The minimum atomic E-state index is -3.80. The minimum Gasteiger partial charge on any atom is -0.207 e. The van der Waals surface area contributed by atoms with E-state index < -0.39 is 21.7 Å². The fraction of sp³-hybridized carbons (Fsp3) is 0.500. The largest absolute Gasteiger partial charge is 0.243 e. The summed E-state index contributed by atoms with van der Waals surface area (Å²) < 4.78 is 52.1. The molecular formula is C12H15F2NO2S. The van der Waals surface area contributed by atoms with Crippen molar-refractivity contribution in [3.63, 3.8) is 0 Å². The highest BCUT2D eigenvalue weighted by Crippen LogP contribution is 2.25. The Morgan fingerprint density at radius 3 is 2.33 bits per heavy atom. The lowest BCUT2D eigenvalue weighted by atomic mass is 10.1. The van der Waals surface area contributed by atoms with Crippen molar-refractivity contribution in [1.29, 1.82) is 0 Å². The van der Waals surface area contributed by atoms with Crippen molar-refractivity contribution in [2.24, 2.45) is 0 Å². The summed E-state index contributed by atoms with van der Waals surface area (Å²) in [5.74, 6) is -1.75. The van der Waals surface area contributed by atoms with Crippen molar-refractivity contribution in [1.82, 2.24) is 4.31 Å². The molecule has 1 unspecified atom stereocenters. The van der Waals surface area contributed by atoms with E-state index >= 15 is 0 Å². The molecule has 1 aromatic carbocycles. The van der Waals surface area contributed by atoms with Crippen molar-refractivity contribution < 1.29 is 17.2 Å². The lowest BCUT2D eigenvalue weighted by Crippen LogP contribution is -2.41. The second kappa shape index (κ2) is 4.93. The number of piperidine rings is 1. The molecule has 0 amide bonds. The van der Waals surface area contributed by atoms with Crippen LogP contribution in [-0.4, -0.2) is 25.3 Å². The Labute approximate surface area is 105 Å². The second-order valence-corrected chi connectivity index (χ2v) is 6.46. The Morgan fingerprint density at radius 2 is 1.78 bits per heavy atom. The second-order valence-electron chi connectivity index (χ2n) is 4.57. The molecule has 0 N–H and O–H groups in total. The molecule has 1 saturated heterocycles. The maximum absolute atomic E-state index is 13.1. The summed E-state index contributed by atoms with van der Waals surface area (Å²) in [5, 5.41) is 0. The molecule has 18 heavy (non-hydrogen) atoms. The maximum atomic E-state index is 13.1. The van der Waals surface area contributed by atoms with Crippen LogP contribution in [0, 0.1) is 11.6 Å². The first-order valence-electron chi connectivity index (χ1n) is 5.89. The number of hydrogen-bond donors (Lipinski definition) is 0. The van der Waals surface area contributed by atoms with Crippen LogP contribution < -0.4 is 0 Å². The number of halogens is 2. The lowest BCUT2D eigenvalue weighted by molar-refractivity contribution is 0.268. The molecule has 1 atom stereocenters. The van der Waals surface area contributed by atoms with Crippen molar-refractivity contribution in [2.45, 2.75) is 37.1 Å². The van der Waals surface area contributed by atoms with Crippen molar-refractivity contribution in [2.75, 3.05) is 6.54 Å². The fourth-order valence-electron chi connectivity index (χ4n) is 2.24. The van der Waals surface area contributed by atoms with Gasteiger partial charge in [0.25, 0.3) is 0 Å². The molecule has 100 valence electrons. The van der Waals surface area contributed by atoms with Crippen LogP contribution in [0.25, 0.3) is 0 Å². The number of rotatable bonds is 2. The first-order valence-corrected chi connectivity index (χ1v) is 7.33. The van der Waals surface area contributed by atoms with Gasteiger partial charge in [-0.2, -0.15) is 4.31 Å². The Bertz CT molecular complexity index is 525. The zero-order valence-corrected chi connectivity index (χ0v) is 10.9. The van der Waals surface area contributed by atoms with Crippen LogP contribution in [0.3, 0.4) is 0 Å². The number of benzene rings is 1. The van der Waals surface area contributed by atoms with Crippen molar-refractivity contribution in [3.8, 4) is 0 Å². The zero-order valence-electron chi connectivity index (χ0n) is 10.1. The molecule has 1 aromatic rings. The van der Waals surface area contributed by atoms with Gasteiger partial charge in [0.2, 0.25) is 10.0 Å². The third kappa shape index (κ3) is 2.54. The monoisotopic (exact) mass is 275 g/mol. The smallest absolute Gasteiger partial charge is 0.207 e. The predicted octanol–water partition coefficient (Wildman–Crippen LogP) is 2.53. The quantitative estimate of drug-likeness (QED) is 0.831. The molecule has 2 rings (SSSR count). The summed E-state index contributed by atoms with van der Waals surface area (Å²) in [6.07, 6.45) is 2.53. The molecule has 0 aliphatic carbocycles. The summed E-state index contributed by atoms with van der Waals surface area (Å²) in [7, 11) is -3.80. The van der Waals surface area contributed by atoms with Gasteiger partial charge in [0.15, 0.2) is 0 Å². The topological polar surface area (TPSA) is 37.4 Å². The van der Waals surface area contributed by atoms with Crippen LogP contribution in [0.15, 0.2) is 23.1 Å². The van der Waals surface area contributed by atoms with Gasteiger partial charge in [-0.05, 0) is 31.9 Å². The molecule has 6 heteroatoms. The van der Waals surface area contributed by atoms with E-state index in [0.29, 0.717) is 12.6 Å². The standard InChI is InChI=1S/C12H15F2NO2S/c1-9-4-2-3-5-15(9)18(16,17)12-7-10(13)6-11(14)8-12/h6-9H,2-5H2,1H3. The van der Waals surface area contributed by atoms with Crippen LogP contribution in [0.4, 0.5) is 8.78 Å². The van der Waals surface area contributed by atoms with Crippen LogP contribution in [0.1, 0.15) is 26.2 Å². The highest BCUT2D eigenvalue weighted by Gasteiger charge is 2.31. The molecule has 1 aliphatic rings. The molecule has 0 saturated carbocycles. The Balaban J connectivity index is 2.40. The lowest BCUT2D eigenvalue weighted by Gasteiger charge is -2.32. The van der Waals surface area contributed by atoms with Crippen LogP contribution in [0.2, 0.25) is 0 Å². The molecular weight excluding hydrogens is 260 g/mol. The van der Waals surface area contributed by atoms with E-state index in [-0.39, 0.29) is 10.9 Å². The summed E-state index contributed by atoms with van der Waals surface area (Å²) in [5.41, 5.74) is 0. The van der Waals surface area contributed by atoms with Gasteiger partial charge in [-0.25, -0.2) is 17.2 Å². The SMILES string of the molecule is CC1CCCCN1S(=O)(=O)c1cc(F)cc(F)c1. The average molecular weight is 275 g/mol. The van der Waals surface area contributed by atoms with Gasteiger partial charge in [-0.15, -0.1) is 0 Å². The van der Waals surface area contributed by atoms with Crippen LogP contribution in [-0.2, 0) is 10.0 Å². The van der Waals surface area contributed by atoms with Gasteiger partial charge in [-0.3, -0.25) is 0 Å². The van der Waals surface area contributed by atoms with Gasteiger partial charge in [0, 0.05) is 18.7 Å². The summed E-state index contributed by atoms with van der Waals surface area (Å²) >= 11 is 0. The van der Waals surface area contributed by atoms with Crippen LogP contribution in [0.5, 0.6) is 0 Å². The Kier molecular flexibility index (Phi) is 3.68. The molecule has 0 aromatic heterocycles. The molecule has 0 spiro atoms. The molecule has 0 bridgehead atoms. The van der Waals surface area contributed by atoms with Crippen molar-refractivity contribution in [3.05, 3.63) is 29.8 Å². The van der Waals surface area contributed by atoms with E-state index in [4.69, 9.17) is 0 Å². The number of sulfonamides is 1. The Morgan fingerprint density at radius 1 is 1.17 bits per heavy atom. The average Bonchev–Trinajstić information content (AvgIpc) is 2.28. The molecule has 3 nitrogen and oxygen atoms in total. The summed E-state index contributed by atoms with van der Waals surface area (Å²) in [4.78, 5) is -0.311. The van der Waals surface area contributed by atoms with E-state index in [1.54, 1.807) is 0 Å². The van der Waals surface area contributed by atoms with E-state index in [1.165, 1.54) is 4.31 Å². The van der Waals surface area contributed by atoms with Gasteiger partial charge < -0.3 is 0 Å². The molecule has 1 fully saturated rings. The normalized spacial score (nSPS) is 22.1. The van der Waals surface area contributed by atoms with Gasteiger partial charge in [0.05, 0.1) is 4.90 Å². The maximum Gasteiger partial charge on any atom is 0.243 e. The highest BCUT2D eigenvalue weighted by molar-refractivity contribution is 7.89. The predicted molar refractivity (Wildman–Crippen MR) is 63.6 cm³/mol.